The maximum absolute atomic E-state index is 5.39. The number of anilines is 1. The third kappa shape index (κ3) is 1.13. The zero-order valence-electron chi connectivity index (χ0n) is 6.87. The molecule has 12 heavy (non-hydrogen) atoms. The fraction of sp³-hybridized carbons (Fsp3) is 0.222. The van der Waals surface area contributed by atoms with Gasteiger partial charge in [-0.05, 0) is 19.1 Å². The molecule has 0 radical (unpaired) electrons. The van der Waals surface area contributed by atoms with Crippen molar-refractivity contribution < 1.29 is 4.42 Å². The summed E-state index contributed by atoms with van der Waals surface area (Å²) in [5.74, 6) is 0. The van der Waals surface area contributed by atoms with Gasteiger partial charge in [0.05, 0.1) is 0 Å². The summed E-state index contributed by atoms with van der Waals surface area (Å²) in [5, 5.41) is 3.02. The average molecular weight is 162 g/mol. The molecule has 62 valence electrons. The molecule has 2 rings (SSSR count). The Morgan fingerprint density at radius 1 is 1.42 bits per heavy atom. The number of nitrogens with one attached hydrogen (secondary N) is 1. The van der Waals surface area contributed by atoms with Crippen molar-refractivity contribution in [3.05, 3.63) is 24.3 Å². The first kappa shape index (κ1) is 7.16. The van der Waals surface area contributed by atoms with E-state index in [9.17, 15) is 0 Å². The number of benzene rings is 1. The number of hydrogen-bond donors (Lipinski definition) is 1. The van der Waals surface area contributed by atoms with Gasteiger partial charge in [-0.2, -0.15) is 4.98 Å². The second-order valence-corrected chi connectivity index (χ2v) is 2.52. The minimum Gasteiger partial charge on any atom is -0.424 e. The molecule has 0 aliphatic heterocycles. The minimum atomic E-state index is 0.596. The molecule has 0 amide bonds. The van der Waals surface area contributed by atoms with Crippen molar-refractivity contribution in [1.82, 2.24) is 4.98 Å². The first-order valence-corrected chi connectivity index (χ1v) is 3.99. The summed E-state index contributed by atoms with van der Waals surface area (Å²) in [6.07, 6.45) is 0. The lowest BCUT2D eigenvalue weighted by atomic mass is 10.3. The van der Waals surface area contributed by atoms with Crippen LogP contribution in [0.3, 0.4) is 0 Å². The van der Waals surface area contributed by atoms with Gasteiger partial charge < -0.3 is 9.73 Å². The molecular weight excluding hydrogens is 152 g/mol. The SMILES string of the molecule is CCNc1nc2ccccc2o1. The molecule has 0 unspecified atom stereocenters. The summed E-state index contributed by atoms with van der Waals surface area (Å²) in [4.78, 5) is 4.22. The second kappa shape index (κ2) is 2.85. The van der Waals surface area contributed by atoms with Crippen LogP contribution in [0.15, 0.2) is 28.7 Å². The summed E-state index contributed by atoms with van der Waals surface area (Å²) in [5.41, 5.74) is 1.72. The first-order valence-electron chi connectivity index (χ1n) is 3.99. The molecule has 3 nitrogen and oxygen atoms in total. The van der Waals surface area contributed by atoms with Gasteiger partial charge in [0.25, 0.3) is 6.01 Å². The van der Waals surface area contributed by atoms with Crippen molar-refractivity contribution in [2.75, 3.05) is 11.9 Å². The van der Waals surface area contributed by atoms with Crippen LogP contribution in [0.25, 0.3) is 11.1 Å². The Hall–Kier alpha value is -1.51. The monoisotopic (exact) mass is 162 g/mol. The molecule has 0 aliphatic rings. The summed E-state index contributed by atoms with van der Waals surface area (Å²) in [6.45, 7) is 2.84. The van der Waals surface area contributed by atoms with Gasteiger partial charge in [0, 0.05) is 6.54 Å². The molecule has 0 aliphatic carbocycles. The van der Waals surface area contributed by atoms with Crippen LogP contribution in [-0.2, 0) is 0 Å². The summed E-state index contributed by atoms with van der Waals surface area (Å²) in [6, 6.07) is 8.31. The molecular formula is C9H10N2O. The Morgan fingerprint density at radius 2 is 2.25 bits per heavy atom. The molecule has 1 N–H and O–H groups in total. The fourth-order valence-corrected chi connectivity index (χ4v) is 1.10. The number of nitrogens with zero attached hydrogens (tertiary/aromatic N) is 1. The lowest BCUT2D eigenvalue weighted by Gasteiger charge is -1.91. The molecule has 0 spiro atoms. The highest BCUT2D eigenvalue weighted by molar-refractivity contribution is 5.74. The highest BCUT2D eigenvalue weighted by Crippen LogP contribution is 2.17. The predicted molar refractivity (Wildman–Crippen MR) is 48.2 cm³/mol. The number of fused-ring (bicyclic) bond motifs is 1. The van der Waals surface area contributed by atoms with Gasteiger partial charge in [-0.25, -0.2) is 0 Å². The fourth-order valence-electron chi connectivity index (χ4n) is 1.10. The topological polar surface area (TPSA) is 38.1 Å². The number of hydrogen-bond acceptors (Lipinski definition) is 3. The molecule has 0 saturated carbocycles. The van der Waals surface area contributed by atoms with E-state index in [-0.39, 0.29) is 0 Å². The van der Waals surface area contributed by atoms with Crippen molar-refractivity contribution in [1.29, 1.82) is 0 Å². The molecule has 0 atom stereocenters. The molecule has 0 fully saturated rings. The summed E-state index contributed by atoms with van der Waals surface area (Å²) < 4.78 is 5.39. The number of aromatic nitrogens is 1. The largest absolute Gasteiger partial charge is 0.424 e. The summed E-state index contributed by atoms with van der Waals surface area (Å²) in [7, 11) is 0. The average Bonchev–Trinajstić information content (AvgIpc) is 2.47. The Balaban J connectivity index is 2.47. The van der Waals surface area contributed by atoms with Gasteiger partial charge in [0.15, 0.2) is 5.58 Å². The molecule has 3 heteroatoms. The molecule has 1 aromatic carbocycles. The first-order chi connectivity index (χ1) is 5.90. The van der Waals surface area contributed by atoms with E-state index in [4.69, 9.17) is 4.42 Å². The van der Waals surface area contributed by atoms with E-state index in [0.717, 1.165) is 17.6 Å². The molecule has 0 bridgehead atoms. The van der Waals surface area contributed by atoms with E-state index in [1.54, 1.807) is 0 Å². The Morgan fingerprint density at radius 3 is 3.00 bits per heavy atom. The van der Waals surface area contributed by atoms with E-state index in [2.05, 4.69) is 10.3 Å². The van der Waals surface area contributed by atoms with Crippen molar-refractivity contribution in [3.8, 4) is 0 Å². The number of rotatable bonds is 2. The van der Waals surface area contributed by atoms with Crippen LogP contribution in [0.4, 0.5) is 6.01 Å². The van der Waals surface area contributed by atoms with Gasteiger partial charge in [-0.1, -0.05) is 12.1 Å². The normalized spacial score (nSPS) is 10.4. The molecule has 1 aromatic heterocycles. The molecule has 0 saturated heterocycles. The van der Waals surface area contributed by atoms with Crippen molar-refractivity contribution in [2.45, 2.75) is 6.92 Å². The van der Waals surface area contributed by atoms with E-state index < -0.39 is 0 Å². The highest BCUT2D eigenvalue weighted by Gasteiger charge is 2.01. The Kier molecular flexibility index (Phi) is 1.70. The van der Waals surface area contributed by atoms with E-state index >= 15 is 0 Å². The smallest absolute Gasteiger partial charge is 0.295 e. The van der Waals surface area contributed by atoms with Crippen LogP contribution in [-0.4, -0.2) is 11.5 Å². The zero-order chi connectivity index (χ0) is 8.39. The number of oxazole rings is 1. The van der Waals surface area contributed by atoms with Gasteiger partial charge in [-0.15, -0.1) is 0 Å². The number of para-hydroxylation sites is 2. The standard InChI is InChI=1S/C9H10N2O/c1-2-10-9-11-7-5-3-4-6-8(7)12-9/h3-6H,2H2,1H3,(H,10,11). The maximum atomic E-state index is 5.39. The van der Waals surface area contributed by atoms with Crippen molar-refractivity contribution >= 4 is 17.1 Å². The lowest BCUT2D eigenvalue weighted by Crippen LogP contribution is -1.95. The van der Waals surface area contributed by atoms with Gasteiger partial charge in [0.2, 0.25) is 0 Å². The highest BCUT2D eigenvalue weighted by atomic mass is 16.4. The van der Waals surface area contributed by atoms with Crippen LogP contribution in [0, 0.1) is 0 Å². The molecule has 2 aromatic rings. The van der Waals surface area contributed by atoms with Crippen LogP contribution in [0.2, 0.25) is 0 Å². The van der Waals surface area contributed by atoms with Crippen molar-refractivity contribution in [2.24, 2.45) is 0 Å². The van der Waals surface area contributed by atoms with Crippen LogP contribution in [0.5, 0.6) is 0 Å². The third-order valence-corrected chi connectivity index (χ3v) is 1.62. The van der Waals surface area contributed by atoms with Crippen LogP contribution in [0.1, 0.15) is 6.92 Å². The van der Waals surface area contributed by atoms with Gasteiger partial charge in [0.1, 0.15) is 5.52 Å². The molecule has 1 heterocycles. The van der Waals surface area contributed by atoms with E-state index in [1.165, 1.54) is 0 Å². The van der Waals surface area contributed by atoms with E-state index in [0.29, 0.717) is 6.01 Å². The summed E-state index contributed by atoms with van der Waals surface area (Å²) >= 11 is 0. The van der Waals surface area contributed by atoms with Gasteiger partial charge >= 0.3 is 0 Å². The van der Waals surface area contributed by atoms with Crippen LogP contribution >= 0.6 is 0 Å². The van der Waals surface area contributed by atoms with Crippen LogP contribution < -0.4 is 5.32 Å². The zero-order valence-corrected chi connectivity index (χ0v) is 6.87. The minimum absolute atomic E-state index is 0.596. The third-order valence-electron chi connectivity index (χ3n) is 1.62. The lowest BCUT2D eigenvalue weighted by molar-refractivity contribution is 0.616. The predicted octanol–water partition coefficient (Wildman–Crippen LogP) is 2.26. The van der Waals surface area contributed by atoms with Crippen molar-refractivity contribution in [3.63, 3.8) is 0 Å². The maximum Gasteiger partial charge on any atom is 0.295 e. The quantitative estimate of drug-likeness (QED) is 0.736. The second-order valence-electron chi connectivity index (χ2n) is 2.52. The van der Waals surface area contributed by atoms with Gasteiger partial charge in [-0.3, -0.25) is 0 Å². The Bertz CT molecular complexity index is 348. The Labute approximate surface area is 70.4 Å². The van der Waals surface area contributed by atoms with E-state index in [1.807, 2.05) is 31.2 Å².